The molecule has 1 N–H and O–H groups in total. The van der Waals surface area contributed by atoms with E-state index in [9.17, 15) is 0 Å². The van der Waals surface area contributed by atoms with Gasteiger partial charge in [0.15, 0.2) is 5.82 Å². The Morgan fingerprint density at radius 2 is 2.10 bits per heavy atom. The molecule has 0 aliphatic rings. The first kappa shape index (κ1) is 14.0. The van der Waals surface area contributed by atoms with Crippen LogP contribution in [0.25, 0.3) is 16.7 Å². The van der Waals surface area contributed by atoms with Gasteiger partial charge in [-0.15, -0.1) is 0 Å². The van der Waals surface area contributed by atoms with Gasteiger partial charge in [-0.2, -0.15) is 5.10 Å². The van der Waals surface area contributed by atoms with Gasteiger partial charge in [0.25, 0.3) is 0 Å². The molecule has 0 spiro atoms. The highest BCUT2D eigenvalue weighted by Gasteiger charge is 2.08. The quantitative estimate of drug-likeness (QED) is 0.801. The van der Waals surface area contributed by atoms with Gasteiger partial charge in [0.05, 0.1) is 22.9 Å². The highest BCUT2D eigenvalue weighted by molar-refractivity contribution is 6.30. The number of para-hydroxylation sites is 1. The molecular weight excluding hydrogens is 284 g/mol. The first-order valence-electron chi connectivity index (χ1n) is 6.96. The van der Waals surface area contributed by atoms with Crippen molar-refractivity contribution in [3.05, 3.63) is 53.3 Å². The van der Waals surface area contributed by atoms with Gasteiger partial charge in [-0.1, -0.05) is 43.6 Å². The number of aromatic nitrogens is 3. The fourth-order valence-corrected chi connectivity index (χ4v) is 2.37. The first-order valence-corrected chi connectivity index (χ1v) is 7.34. The number of fused-ring (bicyclic) bond motifs is 1. The number of hydrogen-bond donors (Lipinski definition) is 1. The van der Waals surface area contributed by atoms with Crippen molar-refractivity contribution in [2.24, 2.45) is 0 Å². The molecule has 2 aromatic heterocycles. The molecule has 1 aromatic carbocycles. The van der Waals surface area contributed by atoms with Crippen molar-refractivity contribution in [1.82, 2.24) is 20.1 Å². The lowest BCUT2D eigenvalue weighted by atomic mass is 10.1. The van der Waals surface area contributed by atoms with Crippen LogP contribution in [0.5, 0.6) is 0 Å². The molecular formula is C16H17ClN4. The molecule has 5 heteroatoms. The highest BCUT2D eigenvalue weighted by atomic mass is 35.5. The van der Waals surface area contributed by atoms with Crippen molar-refractivity contribution in [2.75, 3.05) is 0 Å². The summed E-state index contributed by atoms with van der Waals surface area (Å²) in [5.74, 6) is 0.779. The third-order valence-corrected chi connectivity index (χ3v) is 3.47. The molecule has 4 nitrogen and oxygen atoms in total. The topological polar surface area (TPSA) is 42.7 Å². The Labute approximate surface area is 128 Å². The minimum atomic E-state index is 0.430. The summed E-state index contributed by atoms with van der Waals surface area (Å²) in [5, 5.41) is 9.45. The fraction of sp³-hybridized carbons (Fsp3) is 0.250. The first-order chi connectivity index (χ1) is 10.1. The van der Waals surface area contributed by atoms with E-state index >= 15 is 0 Å². The molecule has 21 heavy (non-hydrogen) atoms. The third kappa shape index (κ3) is 3.06. The smallest absolute Gasteiger partial charge is 0.154 e. The van der Waals surface area contributed by atoms with Gasteiger partial charge in [-0.3, -0.25) is 0 Å². The summed E-state index contributed by atoms with van der Waals surface area (Å²) in [5.41, 5.74) is 2.16. The molecule has 0 amide bonds. The number of halogens is 1. The van der Waals surface area contributed by atoms with Crippen LogP contribution in [0.15, 0.2) is 42.7 Å². The number of hydrogen-bond acceptors (Lipinski definition) is 3. The van der Waals surface area contributed by atoms with E-state index in [0.29, 0.717) is 11.1 Å². The van der Waals surface area contributed by atoms with Crippen LogP contribution in [-0.4, -0.2) is 20.8 Å². The van der Waals surface area contributed by atoms with Gasteiger partial charge in [-0.25, -0.2) is 9.67 Å². The Bertz CT molecular complexity index is 764. The van der Waals surface area contributed by atoms with Crippen LogP contribution >= 0.6 is 11.6 Å². The van der Waals surface area contributed by atoms with Crippen molar-refractivity contribution in [3.63, 3.8) is 0 Å². The third-order valence-electron chi connectivity index (χ3n) is 3.27. The van der Waals surface area contributed by atoms with E-state index in [0.717, 1.165) is 23.3 Å². The molecule has 3 aromatic rings. The summed E-state index contributed by atoms with van der Waals surface area (Å²) in [6, 6.07) is 10.6. The van der Waals surface area contributed by atoms with Crippen molar-refractivity contribution < 1.29 is 0 Å². The zero-order valence-corrected chi connectivity index (χ0v) is 12.8. The van der Waals surface area contributed by atoms with Crippen LogP contribution in [0.4, 0.5) is 0 Å². The molecule has 0 aliphatic heterocycles. The predicted octanol–water partition coefficient (Wildman–Crippen LogP) is 3.57. The van der Waals surface area contributed by atoms with Crippen LogP contribution in [0, 0.1) is 0 Å². The van der Waals surface area contributed by atoms with Crippen LogP contribution in [0.1, 0.15) is 19.4 Å². The summed E-state index contributed by atoms with van der Waals surface area (Å²) in [6.45, 7) is 5.07. The van der Waals surface area contributed by atoms with Gasteiger partial charge in [-0.05, 0) is 17.7 Å². The van der Waals surface area contributed by atoms with E-state index in [1.54, 1.807) is 17.1 Å². The molecule has 0 atom stereocenters. The molecule has 0 bridgehead atoms. The van der Waals surface area contributed by atoms with E-state index in [4.69, 9.17) is 11.6 Å². The second-order valence-electron chi connectivity index (χ2n) is 5.30. The average Bonchev–Trinajstić information content (AvgIpc) is 2.91. The maximum Gasteiger partial charge on any atom is 0.154 e. The number of rotatable bonds is 4. The fourth-order valence-electron chi connectivity index (χ4n) is 2.24. The van der Waals surface area contributed by atoms with E-state index in [1.165, 1.54) is 5.56 Å². The van der Waals surface area contributed by atoms with Gasteiger partial charge < -0.3 is 5.32 Å². The SMILES string of the molecule is CC(C)NCc1cc(-n2cc(Cl)cn2)nc2ccccc12. The minimum absolute atomic E-state index is 0.430. The Kier molecular flexibility index (Phi) is 3.90. The van der Waals surface area contributed by atoms with Crippen molar-refractivity contribution >= 4 is 22.5 Å². The number of benzene rings is 1. The Morgan fingerprint density at radius 3 is 2.81 bits per heavy atom. The molecule has 108 valence electrons. The van der Waals surface area contributed by atoms with E-state index < -0.39 is 0 Å². The summed E-state index contributed by atoms with van der Waals surface area (Å²) < 4.78 is 1.70. The zero-order chi connectivity index (χ0) is 14.8. The molecule has 0 saturated heterocycles. The second-order valence-corrected chi connectivity index (χ2v) is 5.73. The highest BCUT2D eigenvalue weighted by Crippen LogP contribution is 2.21. The Balaban J connectivity index is 2.10. The maximum atomic E-state index is 5.95. The largest absolute Gasteiger partial charge is 0.310 e. The van der Waals surface area contributed by atoms with E-state index in [-0.39, 0.29) is 0 Å². The Morgan fingerprint density at radius 1 is 1.29 bits per heavy atom. The van der Waals surface area contributed by atoms with Gasteiger partial charge >= 0.3 is 0 Å². The van der Waals surface area contributed by atoms with Gasteiger partial charge in [0, 0.05) is 18.0 Å². The standard InChI is InChI=1S/C16H17ClN4/c1-11(2)18-8-12-7-16(21-10-13(17)9-19-21)20-15-6-4-3-5-14(12)15/h3-7,9-11,18H,8H2,1-2H3. The van der Waals surface area contributed by atoms with Crippen LogP contribution < -0.4 is 5.32 Å². The van der Waals surface area contributed by atoms with Gasteiger partial charge in [0.2, 0.25) is 0 Å². The molecule has 0 unspecified atom stereocenters. The molecule has 0 radical (unpaired) electrons. The van der Waals surface area contributed by atoms with Crippen LogP contribution in [0.2, 0.25) is 5.02 Å². The normalized spacial score (nSPS) is 11.4. The van der Waals surface area contributed by atoms with Gasteiger partial charge in [0.1, 0.15) is 0 Å². The summed E-state index contributed by atoms with van der Waals surface area (Å²) in [6.07, 6.45) is 3.38. The molecule has 0 aliphatic carbocycles. The number of pyridine rings is 1. The summed E-state index contributed by atoms with van der Waals surface area (Å²) in [7, 11) is 0. The predicted molar refractivity (Wildman–Crippen MR) is 85.9 cm³/mol. The lowest BCUT2D eigenvalue weighted by Crippen LogP contribution is -2.22. The summed E-state index contributed by atoms with van der Waals surface area (Å²) in [4.78, 5) is 4.66. The summed E-state index contributed by atoms with van der Waals surface area (Å²) >= 11 is 5.95. The van der Waals surface area contributed by atoms with Crippen LogP contribution in [0.3, 0.4) is 0 Å². The lowest BCUT2D eigenvalue weighted by molar-refractivity contribution is 0.590. The monoisotopic (exact) mass is 300 g/mol. The lowest BCUT2D eigenvalue weighted by Gasteiger charge is -2.12. The van der Waals surface area contributed by atoms with Crippen molar-refractivity contribution in [3.8, 4) is 5.82 Å². The van der Waals surface area contributed by atoms with Crippen molar-refractivity contribution in [2.45, 2.75) is 26.4 Å². The number of nitrogens with one attached hydrogen (secondary N) is 1. The zero-order valence-electron chi connectivity index (χ0n) is 12.0. The number of nitrogens with zero attached hydrogens (tertiary/aromatic N) is 3. The second kappa shape index (κ2) is 5.84. The molecule has 0 saturated carbocycles. The molecule has 3 rings (SSSR count). The van der Waals surface area contributed by atoms with Crippen LogP contribution in [-0.2, 0) is 6.54 Å². The average molecular weight is 301 g/mol. The van der Waals surface area contributed by atoms with E-state index in [2.05, 4.69) is 41.4 Å². The minimum Gasteiger partial charge on any atom is -0.310 e. The van der Waals surface area contributed by atoms with Crippen molar-refractivity contribution in [1.29, 1.82) is 0 Å². The Hall–Kier alpha value is -1.91. The maximum absolute atomic E-state index is 5.95. The van der Waals surface area contributed by atoms with E-state index in [1.807, 2.05) is 18.2 Å². The molecule has 2 heterocycles. The molecule has 0 fully saturated rings.